The minimum absolute atomic E-state index is 0.294. The SMILES string of the molecule is O=C1OC2CCC1OO2. The predicted molar refractivity (Wildman–Crippen MR) is 25.1 cm³/mol. The zero-order valence-electron chi connectivity index (χ0n) is 4.70. The summed E-state index contributed by atoms with van der Waals surface area (Å²) in [4.78, 5) is 19.8. The Labute approximate surface area is 51.6 Å². The molecule has 3 saturated heterocycles. The van der Waals surface area contributed by atoms with Crippen LogP contribution in [0.25, 0.3) is 0 Å². The van der Waals surface area contributed by atoms with E-state index in [1.165, 1.54) is 0 Å². The largest absolute Gasteiger partial charge is 0.431 e. The standard InChI is InChI=1S/C5H6O4/c6-5-3-1-2-4(7-5)9-8-3/h3-4H,1-2H2. The summed E-state index contributed by atoms with van der Waals surface area (Å²) in [5.74, 6) is -0.294. The normalized spacial score (nSPS) is 40.7. The highest BCUT2D eigenvalue weighted by molar-refractivity contribution is 5.75. The number of carbonyl (C=O) groups excluding carboxylic acids is 1. The summed E-state index contributed by atoms with van der Waals surface area (Å²) >= 11 is 0. The van der Waals surface area contributed by atoms with Crippen molar-refractivity contribution in [2.24, 2.45) is 0 Å². The first-order valence-electron chi connectivity index (χ1n) is 2.89. The monoisotopic (exact) mass is 130 g/mol. The molecule has 3 aliphatic heterocycles. The molecule has 0 aromatic carbocycles. The van der Waals surface area contributed by atoms with Crippen molar-refractivity contribution >= 4 is 5.97 Å². The molecule has 4 nitrogen and oxygen atoms in total. The van der Waals surface area contributed by atoms with Crippen LogP contribution in [0.4, 0.5) is 0 Å². The third-order valence-electron chi connectivity index (χ3n) is 1.45. The molecule has 4 heteroatoms. The molecule has 0 spiro atoms. The van der Waals surface area contributed by atoms with E-state index in [0.29, 0.717) is 0 Å². The summed E-state index contributed by atoms with van der Waals surface area (Å²) in [5, 5.41) is 0. The maximum Gasteiger partial charge on any atom is 0.341 e. The highest BCUT2D eigenvalue weighted by atomic mass is 17.2. The lowest BCUT2D eigenvalue weighted by Crippen LogP contribution is -2.44. The molecule has 50 valence electrons. The number of ether oxygens (including phenoxy) is 1. The van der Waals surface area contributed by atoms with Crippen molar-refractivity contribution in [3.63, 3.8) is 0 Å². The molecule has 2 unspecified atom stereocenters. The molecular formula is C5H6O4. The number of rotatable bonds is 0. The summed E-state index contributed by atoms with van der Waals surface area (Å²) in [5.41, 5.74) is 0. The van der Waals surface area contributed by atoms with Crippen molar-refractivity contribution in [2.45, 2.75) is 25.2 Å². The molecule has 0 radical (unpaired) electrons. The van der Waals surface area contributed by atoms with Gasteiger partial charge < -0.3 is 4.74 Å². The molecule has 9 heavy (non-hydrogen) atoms. The molecule has 0 aromatic heterocycles. The fourth-order valence-corrected chi connectivity index (χ4v) is 0.954. The summed E-state index contributed by atoms with van der Waals surface area (Å²) < 4.78 is 4.70. The molecule has 0 amide bonds. The van der Waals surface area contributed by atoms with Crippen molar-refractivity contribution < 1.29 is 19.3 Å². The average molecular weight is 130 g/mol. The van der Waals surface area contributed by atoms with Gasteiger partial charge in [0.15, 0.2) is 6.10 Å². The van der Waals surface area contributed by atoms with E-state index in [-0.39, 0.29) is 5.97 Å². The summed E-state index contributed by atoms with van der Waals surface area (Å²) in [7, 11) is 0. The maximum atomic E-state index is 10.6. The number of hydrogen-bond donors (Lipinski definition) is 0. The first kappa shape index (κ1) is 5.20. The Bertz CT molecular complexity index is 136. The van der Waals surface area contributed by atoms with Crippen LogP contribution in [0.3, 0.4) is 0 Å². The van der Waals surface area contributed by atoms with Crippen LogP contribution in [-0.2, 0) is 19.3 Å². The Morgan fingerprint density at radius 2 is 2.22 bits per heavy atom. The van der Waals surface area contributed by atoms with Crippen LogP contribution in [0.5, 0.6) is 0 Å². The third-order valence-corrected chi connectivity index (χ3v) is 1.45. The molecule has 2 atom stereocenters. The topological polar surface area (TPSA) is 44.8 Å². The predicted octanol–water partition coefficient (Wildman–Crippen LogP) is -0.0201. The molecule has 3 heterocycles. The van der Waals surface area contributed by atoms with Crippen molar-refractivity contribution in [1.82, 2.24) is 0 Å². The van der Waals surface area contributed by atoms with Crippen molar-refractivity contribution in [3.05, 3.63) is 0 Å². The Morgan fingerprint density at radius 1 is 1.33 bits per heavy atom. The molecular weight excluding hydrogens is 124 g/mol. The zero-order valence-corrected chi connectivity index (χ0v) is 4.70. The van der Waals surface area contributed by atoms with Crippen LogP contribution in [-0.4, -0.2) is 18.4 Å². The van der Waals surface area contributed by atoms with E-state index in [4.69, 9.17) is 4.74 Å². The maximum absolute atomic E-state index is 10.6. The first-order valence-corrected chi connectivity index (χ1v) is 2.89. The molecule has 0 aliphatic carbocycles. The lowest BCUT2D eigenvalue weighted by Gasteiger charge is -2.32. The Balaban J connectivity index is 2.15. The molecule has 3 fully saturated rings. The van der Waals surface area contributed by atoms with Gasteiger partial charge in [-0.3, -0.25) is 0 Å². The van der Waals surface area contributed by atoms with E-state index in [1.54, 1.807) is 0 Å². The summed E-state index contributed by atoms with van der Waals surface area (Å²) in [6.45, 7) is 0. The van der Waals surface area contributed by atoms with Gasteiger partial charge >= 0.3 is 5.97 Å². The molecule has 0 aromatic rings. The van der Waals surface area contributed by atoms with E-state index in [2.05, 4.69) is 9.78 Å². The smallest absolute Gasteiger partial charge is 0.341 e. The molecule has 0 saturated carbocycles. The molecule has 2 bridgehead atoms. The number of hydrogen-bond acceptors (Lipinski definition) is 4. The van der Waals surface area contributed by atoms with Crippen molar-refractivity contribution in [3.8, 4) is 0 Å². The highest BCUT2D eigenvalue weighted by Gasteiger charge is 2.38. The lowest BCUT2D eigenvalue weighted by atomic mass is 10.1. The van der Waals surface area contributed by atoms with E-state index in [9.17, 15) is 4.79 Å². The zero-order chi connectivity index (χ0) is 6.27. The van der Waals surface area contributed by atoms with E-state index in [0.717, 1.165) is 12.8 Å². The van der Waals surface area contributed by atoms with Gasteiger partial charge in [-0.05, 0) is 6.42 Å². The van der Waals surface area contributed by atoms with Crippen LogP contribution in [0.2, 0.25) is 0 Å². The fourth-order valence-electron chi connectivity index (χ4n) is 0.954. The van der Waals surface area contributed by atoms with Crippen molar-refractivity contribution in [2.75, 3.05) is 0 Å². The second-order valence-corrected chi connectivity index (χ2v) is 2.12. The van der Waals surface area contributed by atoms with Crippen LogP contribution in [0.1, 0.15) is 12.8 Å². The second kappa shape index (κ2) is 1.68. The second-order valence-electron chi connectivity index (χ2n) is 2.12. The summed E-state index contributed by atoms with van der Waals surface area (Å²) in [6.07, 6.45) is 0.581. The van der Waals surface area contributed by atoms with Gasteiger partial charge in [-0.1, -0.05) is 0 Å². The van der Waals surface area contributed by atoms with Gasteiger partial charge in [-0.25, -0.2) is 9.68 Å². The van der Waals surface area contributed by atoms with Crippen LogP contribution in [0, 0.1) is 0 Å². The third kappa shape index (κ3) is 0.710. The van der Waals surface area contributed by atoms with Gasteiger partial charge in [0.1, 0.15) is 0 Å². The van der Waals surface area contributed by atoms with Crippen molar-refractivity contribution in [1.29, 1.82) is 0 Å². The van der Waals surface area contributed by atoms with E-state index in [1.807, 2.05) is 0 Å². The lowest BCUT2D eigenvalue weighted by molar-refractivity contribution is -0.436. The van der Waals surface area contributed by atoms with Crippen LogP contribution >= 0.6 is 0 Å². The van der Waals surface area contributed by atoms with Gasteiger partial charge in [-0.2, -0.15) is 4.89 Å². The van der Waals surface area contributed by atoms with Gasteiger partial charge in [0, 0.05) is 6.42 Å². The average Bonchev–Trinajstić information content (AvgIpc) is 1.90. The minimum atomic E-state index is -0.463. The van der Waals surface area contributed by atoms with E-state index < -0.39 is 12.4 Å². The van der Waals surface area contributed by atoms with Crippen LogP contribution < -0.4 is 0 Å². The number of fused-ring (bicyclic) bond motifs is 3. The van der Waals surface area contributed by atoms with Gasteiger partial charge in [0.25, 0.3) is 0 Å². The van der Waals surface area contributed by atoms with E-state index >= 15 is 0 Å². The van der Waals surface area contributed by atoms with Gasteiger partial charge in [0.05, 0.1) is 0 Å². The fraction of sp³-hybridized carbons (Fsp3) is 0.800. The molecule has 3 aliphatic rings. The Morgan fingerprint density at radius 3 is 2.44 bits per heavy atom. The Hall–Kier alpha value is -0.610. The minimum Gasteiger partial charge on any atom is -0.431 e. The first-order chi connectivity index (χ1) is 4.36. The van der Waals surface area contributed by atoms with Gasteiger partial charge in [-0.15, -0.1) is 0 Å². The molecule has 0 N–H and O–H groups in total. The number of carbonyl (C=O) groups is 1. The molecule has 3 rings (SSSR count). The van der Waals surface area contributed by atoms with Gasteiger partial charge in [0.2, 0.25) is 6.29 Å². The quantitative estimate of drug-likeness (QED) is 0.341. The Kier molecular flexibility index (Phi) is 0.972. The summed E-state index contributed by atoms with van der Waals surface area (Å²) in [6, 6.07) is 0. The van der Waals surface area contributed by atoms with Crippen LogP contribution in [0.15, 0.2) is 0 Å². The highest BCUT2D eigenvalue weighted by Crippen LogP contribution is 2.24. The number of esters is 1.